The molecule has 7 bridgehead atoms. The number of nitrogens with zero attached hydrogens (tertiary/aromatic N) is 1. The molecule has 1 aromatic carbocycles. The van der Waals surface area contributed by atoms with Crippen molar-refractivity contribution in [3.05, 3.63) is 35.9 Å². The number of likely N-dealkylation sites (tertiary alicyclic amines) is 1. The Balaban J connectivity index is 1.17. The number of piperidine rings is 1. The van der Waals surface area contributed by atoms with E-state index in [2.05, 4.69) is 18.9 Å². The van der Waals surface area contributed by atoms with Gasteiger partial charge in [-0.1, -0.05) is 109 Å². The van der Waals surface area contributed by atoms with Crippen LogP contribution in [0.1, 0.15) is 133 Å². The Morgan fingerprint density at radius 1 is 0.814 bits per heavy atom. The fraction of sp³-hybridized carbons (Fsp3) is 0.833. The summed E-state index contributed by atoms with van der Waals surface area (Å²) < 4.78 is 38.8. The van der Waals surface area contributed by atoms with Crippen LogP contribution in [0.4, 0.5) is 0 Å². The van der Waals surface area contributed by atoms with E-state index in [-0.39, 0.29) is 42.2 Å². The summed E-state index contributed by atoms with van der Waals surface area (Å²) in [6, 6.07) is 8.53. The summed E-state index contributed by atoms with van der Waals surface area (Å²) >= 11 is 0. The Hall–Kier alpha value is -2.12. The third-order valence-electron chi connectivity index (χ3n) is 16.5. The first-order chi connectivity index (χ1) is 28.6. The lowest BCUT2D eigenvalue weighted by Gasteiger charge is -2.69. The minimum atomic E-state index is -1.77. The molecular formula is C48H75NO10. The average molecular weight is 826 g/mol. The normalized spacial score (nSPS) is 40.3. The van der Waals surface area contributed by atoms with Crippen molar-refractivity contribution < 1.29 is 48.2 Å². The maximum Gasteiger partial charge on any atom is 0.338 e. The number of hydrogen-bond donors (Lipinski definition) is 2. The minimum absolute atomic E-state index is 0.108. The highest BCUT2D eigenvalue weighted by molar-refractivity contribution is 5.89. The average Bonchev–Trinajstić information content (AvgIpc) is 3.62. The molecule has 5 aliphatic carbocycles. The Bertz CT molecular complexity index is 1560. The maximum atomic E-state index is 14.5. The number of benzene rings is 1. The molecule has 1 heterocycles. The van der Waals surface area contributed by atoms with Gasteiger partial charge in [0.2, 0.25) is 0 Å². The van der Waals surface area contributed by atoms with Crippen LogP contribution in [0.2, 0.25) is 0 Å². The molecule has 59 heavy (non-hydrogen) atoms. The zero-order valence-electron chi connectivity index (χ0n) is 36.9. The summed E-state index contributed by atoms with van der Waals surface area (Å²) in [7, 11) is 8.82. The van der Waals surface area contributed by atoms with E-state index >= 15 is 0 Å². The summed E-state index contributed by atoms with van der Waals surface area (Å²) in [6.45, 7) is 3.51. The molecule has 332 valence electrons. The Labute approximate surface area is 353 Å². The highest BCUT2D eigenvalue weighted by Gasteiger charge is 2.91. The SMILES string of the molecule is CCCCCCCCCCCCCCCCC(=O)O[C@]12[C@H]3[C@@H](OC(=O)c4ccccc4)[C@@](O)(C[C@H]3[C@@]34C(OC)CC[C@@]5(COC)CN(C)[C@@H]3[C@@H]1[C@H](OC)[C@H]54)[C@@H](OC)[C@@H]2O. The largest absolute Gasteiger partial charge is 0.455 e. The molecule has 0 amide bonds. The van der Waals surface area contributed by atoms with Crippen LogP contribution in [-0.4, -0.2) is 123 Å². The first-order valence-electron chi connectivity index (χ1n) is 23.2. The van der Waals surface area contributed by atoms with Crippen molar-refractivity contribution in [1.29, 1.82) is 0 Å². The van der Waals surface area contributed by atoms with Gasteiger partial charge in [0.05, 0.1) is 24.4 Å². The van der Waals surface area contributed by atoms with E-state index in [1.165, 1.54) is 71.3 Å². The van der Waals surface area contributed by atoms with Crippen molar-refractivity contribution in [2.75, 3.05) is 48.6 Å². The highest BCUT2D eigenvalue weighted by Crippen LogP contribution is 2.80. The lowest BCUT2D eigenvalue weighted by Crippen LogP contribution is -2.80. The molecule has 6 aliphatic rings. The summed E-state index contributed by atoms with van der Waals surface area (Å²) in [5, 5.41) is 26.0. The molecule has 1 unspecified atom stereocenters. The van der Waals surface area contributed by atoms with Crippen LogP contribution in [-0.2, 0) is 33.2 Å². The number of carbonyl (C=O) groups excluding carboxylic acids is 2. The molecule has 0 radical (unpaired) electrons. The topological polar surface area (TPSA) is 133 Å². The molecular weight excluding hydrogens is 751 g/mol. The van der Waals surface area contributed by atoms with Gasteiger partial charge in [-0.3, -0.25) is 4.79 Å². The molecule has 1 saturated heterocycles. The van der Waals surface area contributed by atoms with Crippen LogP contribution in [0.3, 0.4) is 0 Å². The number of fused-ring (bicyclic) bond motifs is 2. The van der Waals surface area contributed by atoms with Gasteiger partial charge in [0, 0.05) is 76.0 Å². The maximum absolute atomic E-state index is 14.5. The van der Waals surface area contributed by atoms with E-state index in [1.54, 1.807) is 45.6 Å². The predicted molar refractivity (Wildman–Crippen MR) is 224 cm³/mol. The molecule has 7 rings (SSSR count). The first kappa shape index (κ1) is 44.9. The van der Waals surface area contributed by atoms with Crippen LogP contribution in [0, 0.1) is 34.5 Å². The quantitative estimate of drug-likeness (QED) is 0.0863. The zero-order valence-corrected chi connectivity index (χ0v) is 36.9. The van der Waals surface area contributed by atoms with E-state index in [0.717, 1.165) is 38.6 Å². The van der Waals surface area contributed by atoms with E-state index in [0.29, 0.717) is 18.6 Å². The monoisotopic (exact) mass is 826 g/mol. The molecule has 5 saturated carbocycles. The van der Waals surface area contributed by atoms with E-state index in [1.807, 2.05) is 6.07 Å². The molecule has 1 aliphatic heterocycles. The number of ether oxygens (including phenoxy) is 6. The molecule has 1 aromatic rings. The second-order valence-electron chi connectivity index (χ2n) is 19.4. The zero-order chi connectivity index (χ0) is 42.0. The number of methoxy groups -OCH3 is 4. The van der Waals surface area contributed by atoms with Gasteiger partial charge in [0.15, 0.2) is 5.60 Å². The first-order valence-corrected chi connectivity index (χ1v) is 23.2. The van der Waals surface area contributed by atoms with Gasteiger partial charge in [-0.15, -0.1) is 0 Å². The second-order valence-corrected chi connectivity index (χ2v) is 19.4. The van der Waals surface area contributed by atoms with Crippen LogP contribution < -0.4 is 0 Å². The van der Waals surface area contributed by atoms with Crippen LogP contribution in [0.25, 0.3) is 0 Å². The van der Waals surface area contributed by atoms with Crippen molar-refractivity contribution in [3.63, 3.8) is 0 Å². The minimum Gasteiger partial charge on any atom is -0.455 e. The van der Waals surface area contributed by atoms with Gasteiger partial charge in [-0.25, -0.2) is 4.79 Å². The molecule has 6 fully saturated rings. The van der Waals surface area contributed by atoms with Crippen LogP contribution in [0.5, 0.6) is 0 Å². The highest BCUT2D eigenvalue weighted by atomic mass is 16.6. The van der Waals surface area contributed by atoms with Gasteiger partial charge in [0.25, 0.3) is 0 Å². The standard InChI is InChI=1S/C48H75NO10/c1-7-8-9-10-11-12-13-14-15-16-17-18-19-23-26-35(50)59-48-36-33(29-46(53,43(57-6)41(48)51)42(36)58-44(52)32-24-21-20-22-25-32)47-34(55-4)27-28-45(31-54-3)30-49(2)40(47)37(48)38(56-5)39(45)47/h20-22,24-25,33-34,36-43,51,53H,7-19,23,26-31H2,1-6H3/t33-,34?,36-,37+,38+,39-,40-,41+,42-,43+,45+,46+,47+,48-/m1/s1. The number of carbonyl (C=O) groups is 2. The number of hydrogen-bond acceptors (Lipinski definition) is 11. The fourth-order valence-corrected chi connectivity index (χ4v) is 14.7. The summed E-state index contributed by atoms with van der Waals surface area (Å²) in [5.74, 6) is -2.78. The second kappa shape index (κ2) is 18.7. The summed E-state index contributed by atoms with van der Waals surface area (Å²) in [4.78, 5) is 30.9. The third kappa shape index (κ3) is 7.32. The number of rotatable bonds is 23. The Morgan fingerprint density at radius 2 is 1.44 bits per heavy atom. The van der Waals surface area contributed by atoms with E-state index < -0.39 is 64.8 Å². The number of aliphatic hydroxyl groups excluding tert-OH is 1. The molecule has 0 aromatic heterocycles. The van der Waals surface area contributed by atoms with E-state index in [9.17, 15) is 19.8 Å². The van der Waals surface area contributed by atoms with Crippen molar-refractivity contribution in [3.8, 4) is 0 Å². The smallest absolute Gasteiger partial charge is 0.338 e. The van der Waals surface area contributed by atoms with E-state index in [4.69, 9.17) is 28.4 Å². The molecule has 1 spiro atoms. The fourth-order valence-electron chi connectivity index (χ4n) is 14.7. The van der Waals surface area contributed by atoms with Crippen LogP contribution in [0.15, 0.2) is 30.3 Å². The van der Waals surface area contributed by atoms with Crippen molar-refractivity contribution in [2.24, 2.45) is 34.5 Å². The van der Waals surface area contributed by atoms with Gasteiger partial charge in [-0.2, -0.15) is 0 Å². The lowest BCUT2D eigenvalue weighted by molar-refractivity contribution is -0.317. The van der Waals surface area contributed by atoms with Crippen molar-refractivity contribution >= 4 is 11.9 Å². The predicted octanol–water partition coefficient (Wildman–Crippen LogP) is 7.14. The molecule has 14 atom stereocenters. The number of aliphatic hydroxyl groups is 2. The molecule has 11 nitrogen and oxygen atoms in total. The van der Waals surface area contributed by atoms with Gasteiger partial charge < -0.3 is 43.5 Å². The van der Waals surface area contributed by atoms with Gasteiger partial charge >= 0.3 is 11.9 Å². The Kier molecular flexibility index (Phi) is 14.2. The third-order valence-corrected chi connectivity index (χ3v) is 16.5. The van der Waals surface area contributed by atoms with Crippen LogP contribution >= 0.6 is 0 Å². The summed E-state index contributed by atoms with van der Waals surface area (Å²) in [6.07, 6.45) is 14.5. The molecule has 11 heteroatoms. The molecule has 2 N–H and O–H groups in total. The van der Waals surface area contributed by atoms with Gasteiger partial charge in [0.1, 0.15) is 23.9 Å². The van der Waals surface area contributed by atoms with Crippen molar-refractivity contribution in [1.82, 2.24) is 4.90 Å². The Morgan fingerprint density at radius 3 is 2.02 bits per heavy atom. The van der Waals surface area contributed by atoms with Crippen molar-refractivity contribution in [2.45, 2.75) is 170 Å². The van der Waals surface area contributed by atoms with Gasteiger partial charge in [-0.05, 0) is 50.8 Å². The number of unbranched alkanes of at least 4 members (excludes halogenated alkanes) is 13. The lowest BCUT2D eigenvalue weighted by atomic mass is 9.43. The number of esters is 2. The summed E-state index contributed by atoms with van der Waals surface area (Å²) in [5.41, 5.74) is -3.96.